The first kappa shape index (κ1) is 17.4. The van der Waals surface area contributed by atoms with Gasteiger partial charge in [-0.1, -0.05) is 65.7 Å². The molecule has 1 N–H and O–H groups in total. The van der Waals surface area contributed by atoms with E-state index < -0.39 is 0 Å². The molecule has 2 nitrogen and oxygen atoms in total. The Bertz CT molecular complexity index is 843. The largest absolute Gasteiger partial charge is 0.487 e. The molecule has 0 bridgehead atoms. The predicted molar refractivity (Wildman–Crippen MR) is 105 cm³/mol. The quantitative estimate of drug-likeness (QED) is 0.575. The molecule has 25 heavy (non-hydrogen) atoms. The minimum atomic E-state index is 0.515. The molecule has 128 valence electrons. The van der Waals surface area contributed by atoms with Gasteiger partial charge < -0.3 is 10.1 Å². The SMILES string of the molecule is Cc1ccc(COc2ccc(CNc3ccccc3C)cc2Cl)cc1. The van der Waals surface area contributed by atoms with E-state index in [-0.39, 0.29) is 0 Å². The fourth-order valence-electron chi connectivity index (χ4n) is 2.59. The molecule has 3 aromatic carbocycles. The number of para-hydroxylation sites is 1. The summed E-state index contributed by atoms with van der Waals surface area (Å²) in [5.74, 6) is 0.710. The van der Waals surface area contributed by atoms with Gasteiger partial charge in [0.2, 0.25) is 0 Å². The van der Waals surface area contributed by atoms with Gasteiger partial charge in [0.1, 0.15) is 12.4 Å². The van der Waals surface area contributed by atoms with Gasteiger partial charge in [-0.2, -0.15) is 0 Å². The van der Waals surface area contributed by atoms with Crippen LogP contribution in [0.5, 0.6) is 5.75 Å². The van der Waals surface area contributed by atoms with E-state index in [4.69, 9.17) is 16.3 Å². The zero-order valence-corrected chi connectivity index (χ0v) is 15.3. The summed E-state index contributed by atoms with van der Waals surface area (Å²) < 4.78 is 5.85. The summed E-state index contributed by atoms with van der Waals surface area (Å²) >= 11 is 6.38. The Balaban J connectivity index is 1.60. The lowest BCUT2D eigenvalue weighted by molar-refractivity contribution is 0.306. The van der Waals surface area contributed by atoms with Crippen LogP contribution in [-0.2, 0) is 13.2 Å². The van der Waals surface area contributed by atoms with Gasteiger partial charge in [0.15, 0.2) is 0 Å². The summed E-state index contributed by atoms with van der Waals surface area (Å²) in [6.45, 7) is 5.41. The molecule has 0 heterocycles. The average Bonchev–Trinajstić information content (AvgIpc) is 2.62. The average molecular weight is 352 g/mol. The molecular formula is C22H22ClNO. The predicted octanol–water partition coefficient (Wildman–Crippen LogP) is 6.15. The van der Waals surface area contributed by atoms with E-state index in [0.717, 1.165) is 23.4 Å². The monoisotopic (exact) mass is 351 g/mol. The third kappa shape index (κ3) is 4.77. The van der Waals surface area contributed by atoms with Crippen LogP contribution in [-0.4, -0.2) is 0 Å². The third-order valence-electron chi connectivity index (χ3n) is 4.14. The second-order valence-corrected chi connectivity index (χ2v) is 6.61. The summed E-state index contributed by atoms with van der Waals surface area (Å²) in [6, 6.07) is 22.5. The van der Waals surface area contributed by atoms with Crippen molar-refractivity contribution in [1.82, 2.24) is 0 Å². The Morgan fingerprint density at radius 1 is 0.880 bits per heavy atom. The fourth-order valence-corrected chi connectivity index (χ4v) is 2.84. The number of halogens is 1. The number of ether oxygens (including phenoxy) is 1. The summed E-state index contributed by atoms with van der Waals surface area (Å²) in [5, 5.41) is 4.07. The van der Waals surface area contributed by atoms with E-state index in [1.807, 2.05) is 30.3 Å². The summed E-state index contributed by atoms with van der Waals surface area (Å²) in [6.07, 6.45) is 0. The van der Waals surface area contributed by atoms with Crippen molar-refractivity contribution >= 4 is 17.3 Å². The minimum absolute atomic E-state index is 0.515. The zero-order valence-electron chi connectivity index (χ0n) is 14.6. The van der Waals surface area contributed by atoms with Crippen molar-refractivity contribution in [1.29, 1.82) is 0 Å². The summed E-state index contributed by atoms with van der Waals surface area (Å²) in [4.78, 5) is 0. The fraction of sp³-hybridized carbons (Fsp3) is 0.182. The normalized spacial score (nSPS) is 10.5. The van der Waals surface area contributed by atoms with Gasteiger partial charge in [0, 0.05) is 12.2 Å². The highest BCUT2D eigenvalue weighted by Gasteiger charge is 2.05. The molecule has 0 aliphatic heterocycles. The van der Waals surface area contributed by atoms with Crippen molar-refractivity contribution in [3.05, 3.63) is 94.0 Å². The van der Waals surface area contributed by atoms with E-state index in [0.29, 0.717) is 17.4 Å². The van der Waals surface area contributed by atoms with Gasteiger partial charge in [-0.15, -0.1) is 0 Å². The van der Waals surface area contributed by atoms with Crippen LogP contribution in [0.4, 0.5) is 5.69 Å². The van der Waals surface area contributed by atoms with Gasteiger partial charge in [-0.3, -0.25) is 0 Å². The first-order valence-corrected chi connectivity index (χ1v) is 8.76. The molecular weight excluding hydrogens is 330 g/mol. The second kappa shape index (κ2) is 8.09. The van der Waals surface area contributed by atoms with Gasteiger partial charge in [-0.05, 0) is 48.7 Å². The first-order chi connectivity index (χ1) is 12.1. The Morgan fingerprint density at radius 2 is 1.60 bits per heavy atom. The molecule has 0 aliphatic carbocycles. The van der Waals surface area contributed by atoms with E-state index in [9.17, 15) is 0 Å². The van der Waals surface area contributed by atoms with E-state index in [1.165, 1.54) is 11.1 Å². The maximum Gasteiger partial charge on any atom is 0.138 e. The van der Waals surface area contributed by atoms with Gasteiger partial charge in [0.05, 0.1) is 5.02 Å². The number of aryl methyl sites for hydroxylation is 2. The lowest BCUT2D eigenvalue weighted by Crippen LogP contribution is -2.01. The van der Waals surface area contributed by atoms with E-state index in [2.05, 4.69) is 55.6 Å². The number of benzene rings is 3. The summed E-state index contributed by atoms with van der Waals surface area (Å²) in [7, 11) is 0. The van der Waals surface area contributed by atoms with Crippen molar-refractivity contribution in [2.24, 2.45) is 0 Å². The molecule has 0 saturated carbocycles. The van der Waals surface area contributed by atoms with Crippen molar-refractivity contribution in [2.45, 2.75) is 27.0 Å². The van der Waals surface area contributed by atoms with Crippen LogP contribution >= 0.6 is 11.6 Å². The van der Waals surface area contributed by atoms with Gasteiger partial charge >= 0.3 is 0 Å². The van der Waals surface area contributed by atoms with Gasteiger partial charge in [-0.25, -0.2) is 0 Å². The molecule has 3 rings (SSSR count). The third-order valence-corrected chi connectivity index (χ3v) is 4.43. The molecule has 0 aromatic heterocycles. The lowest BCUT2D eigenvalue weighted by Gasteiger charge is -2.12. The zero-order chi connectivity index (χ0) is 17.6. The van der Waals surface area contributed by atoms with Crippen LogP contribution in [0.15, 0.2) is 66.7 Å². The standard InChI is InChI=1S/C22H22ClNO/c1-16-7-9-18(10-8-16)15-25-22-12-11-19(13-20(22)23)14-24-21-6-4-3-5-17(21)2/h3-13,24H,14-15H2,1-2H3. The first-order valence-electron chi connectivity index (χ1n) is 8.38. The Hall–Kier alpha value is -2.45. The molecule has 0 radical (unpaired) electrons. The maximum atomic E-state index is 6.38. The number of hydrogen-bond acceptors (Lipinski definition) is 2. The molecule has 3 heteroatoms. The molecule has 0 unspecified atom stereocenters. The van der Waals surface area contributed by atoms with Crippen LogP contribution in [0.25, 0.3) is 0 Å². The molecule has 3 aromatic rings. The minimum Gasteiger partial charge on any atom is -0.487 e. The van der Waals surface area contributed by atoms with Crippen LogP contribution in [0.2, 0.25) is 5.02 Å². The van der Waals surface area contributed by atoms with Gasteiger partial charge in [0.25, 0.3) is 0 Å². The molecule has 0 aliphatic rings. The van der Waals surface area contributed by atoms with Crippen LogP contribution < -0.4 is 10.1 Å². The van der Waals surface area contributed by atoms with Crippen molar-refractivity contribution in [3.63, 3.8) is 0 Å². The highest BCUT2D eigenvalue weighted by molar-refractivity contribution is 6.32. The summed E-state index contributed by atoms with van der Waals surface area (Å²) in [5.41, 5.74) is 5.86. The smallest absolute Gasteiger partial charge is 0.138 e. The highest BCUT2D eigenvalue weighted by atomic mass is 35.5. The Kier molecular flexibility index (Phi) is 5.62. The van der Waals surface area contributed by atoms with Crippen LogP contribution in [0, 0.1) is 13.8 Å². The van der Waals surface area contributed by atoms with E-state index in [1.54, 1.807) is 0 Å². The molecule has 0 atom stereocenters. The molecule has 0 fully saturated rings. The number of nitrogens with one attached hydrogen (secondary N) is 1. The lowest BCUT2D eigenvalue weighted by atomic mass is 10.1. The number of anilines is 1. The van der Waals surface area contributed by atoms with Crippen molar-refractivity contribution in [3.8, 4) is 5.75 Å². The molecule has 0 spiro atoms. The van der Waals surface area contributed by atoms with Crippen molar-refractivity contribution < 1.29 is 4.74 Å². The Morgan fingerprint density at radius 3 is 2.32 bits per heavy atom. The number of hydrogen-bond donors (Lipinski definition) is 1. The Labute approximate surface area is 154 Å². The second-order valence-electron chi connectivity index (χ2n) is 6.21. The maximum absolute atomic E-state index is 6.38. The van der Waals surface area contributed by atoms with Crippen LogP contribution in [0.3, 0.4) is 0 Å². The van der Waals surface area contributed by atoms with Crippen molar-refractivity contribution in [2.75, 3.05) is 5.32 Å². The molecule has 0 saturated heterocycles. The van der Waals surface area contributed by atoms with E-state index >= 15 is 0 Å². The number of rotatable bonds is 6. The van der Waals surface area contributed by atoms with Crippen LogP contribution in [0.1, 0.15) is 22.3 Å². The highest BCUT2D eigenvalue weighted by Crippen LogP contribution is 2.27. The molecule has 0 amide bonds. The topological polar surface area (TPSA) is 21.3 Å².